The molecule has 0 bridgehead atoms. The van der Waals surface area contributed by atoms with Gasteiger partial charge in [0.15, 0.2) is 0 Å². The van der Waals surface area contributed by atoms with Crippen molar-refractivity contribution < 1.29 is 9.18 Å². The fourth-order valence-corrected chi connectivity index (χ4v) is 2.16. The smallest absolute Gasteiger partial charge is 0.254 e. The number of nitrogens with one attached hydrogen (secondary N) is 1. The zero-order valence-corrected chi connectivity index (χ0v) is 11.4. The summed E-state index contributed by atoms with van der Waals surface area (Å²) in [5.74, 6) is -0.433. The topological polar surface area (TPSA) is 32.3 Å². The SMILES string of the molecule is Cc1cc(F)cc(C(=O)N2CCN[C@H](C)C2)c1.Cl. The molecule has 100 valence electrons. The van der Waals surface area contributed by atoms with Crippen molar-refractivity contribution >= 4 is 18.3 Å². The first-order valence-electron chi connectivity index (χ1n) is 5.86. The molecule has 0 radical (unpaired) electrons. The van der Waals surface area contributed by atoms with Gasteiger partial charge in [0.2, 0.25) is 0 Å². The lowest BCUT2D eigenvalue weighted by Gasteiger charge is -2.32. The van der Waals surface area contributed by atoms with E-state index in [-0.39, 0.29) is 24.1 Å². The monoisotopic (exact) mass is 272 g/mol. The molecule has 1 amide bonds. The van der Waals surface area contributed by atoms with E-state index >= 15 is 0 Å². The zero-order chi connectivity index (χ0) is 12.4. The van der Waals surface area contributed by atoms with Crippen LogP contribution in [0.4, 0.5) is 4.39 Å². The van der Waals surface area contributed by atoms with Gasteiger partial charge in [0.05, 0.1) is 0 Å². The van der Waals surface area contributed by atoms with Crippen LogP contribution in [0.1, 0.15) is 22.8 Å². The van der Waals surface area contributed by atoms with Gasteiger partial charge in [-0.05, 0) is 37.6 Å². The van der Waals surface area contributed by atoms with E-state index < -0.39 is 0 Å². The van der Waals surface area contributed by atoms with Gasteiger partial charge in [-0.3, -0.25) is 4.79 Å². The summed E-state index contributed by atoms with van der Waals surface area (Å²) in [6, 6.07) is 4.76. The lowest BCUT2D eigenvalue weighted by Crippen LogP contribution is -2.51. The molecule has 1 heterocycles. The number of hydrogen-bond acceptors (Lipinski definition) is 2. The number of piperazine rings is 1. The molecule has 2 rings (SSSR count). The highest BCUT2D eigenvalue weighted by molar-refractivity contribution is 5.94. The largest absolute Gasteiger partial charge is 0.336 e. The van der Waals surface area contributed by atoms with Crippen LogP contribution in [-0.2, 0) is 0 Å². The Labute approximate surface area is 113 Å². The number of aryl methyl sites for hydroxylation is 1. The number of benzene rings is 1. The van der Waals surface area contributed by atoms with Crippen molar-refractivity contribution in [2.45, 2.75) is 19.9 Å². The standard InChI is InChI=1S/C13H17FN2O.ClH/c1-9-5-11(7-12(14)6-9)13(17)16-4-3-15-10(2)8-16;/h5-7,10,15H,3-4,8H2,1-2H3;1H/t10-;/m1./s1. The molecule has 1 atom stereocenters. The highest BCUT2D eigenvalue weighted by Crippen LogP contribution is 2.12. The number of rotatable bonds is 1. The quantitative estimate of drug-likeness (QED) is 0.848. The molecule has 0 spiro atoms. The summed E-state index contributed by atoms with van der Waals surface area (Å²) in [5.41, 5.74) is 1.22. The van der Waals surface area contributed by atoms with E-state index in [1.165, 1.54) is 12.1 Å². The summed E-state index contributed by atoms with van der Waals surface area (Å²) in [6.45, 7) is 5.98. The Bertz CT molecular complexity index is 419. The number of hydrogen-bond donors (Lipinski definition) is 1. The lowest BCUT2D eigenvalue weighted by molar-refractivity contribution is 0.0708. The average Bonchev–Trinajstić information content (AvgIpc) is 2.26. The van der Waals surface area contributed by atoms with Gasteiger partial charge in [-0.15, -0.1) is 12.4 Å². The molecule has 1 aromatic rings. The van der Waals surface area contributed by atoms with Gasteiger partial charge in [-0.1, -0.05) is 0 Å². The van der Waals surface area contributed by atoms with Gasteiger partial charge < -0.3 is 10.2 Å². The van der Waals surface area contributed by atoms with Crippen molar-refractivity contribution in [1.29, 1.82) is 0 Å². The Hall–Kier alpha value is -1.13. The molecule has 1 aliphatic rings. The number of halogens is 2. The van der Waals surface area contributed by atoms with Crippen molar-refractivity contribution in [3.05, 3.63) is 35.1 Å². The van der Waals surface area contributed by atoms with Gasteiger partial charge in [-0.25, -0.2) is 4.39 Å². The van der Waals surface area contributed by atoms with E-state index in [2.05, 4.69) is 5.32 Å². The first-order valence-corrected chi connectivity index (χ1v) is 5.86. The highest BCUT2D eigenvalue weighted by Gasteiger charge is 2.21. The molecule has 1 fully saturated rings. The van der Waals surface area contributed by atoms with Crippen LogP contribution in [0.25, 0.3) is 0 Å². The first kappa shape index (κ1) is 14.9. The third-order valence-corrected chi connectivity index (χ3v) is 2.95. The number of amides is 1. The summed E-state index contributed by atoms with van der Waals surface area (Å²) < 4.78 is 13.2. The molecular formula is C13H18ClFN2O. The van der Waals surface area contributed by atoms with Gasteiger partial charge in [0.25, 0.3) is 5.91 Å². The summed E-state index contributed by atoms with van der Waals surface area (Å²) in [4.78, 5) is 14.0. The van der Waals surface area contributed by atoms with Gasteiger partial charge in [-0.2, -0.15) is 0 Å². The molecule has 1 N–H and O–H groups in total. The molecule has 0 unspecified atom stereocenters. The maximum atomic E-state index is 13.2. The van der Waals surface area contributed by atoms with Crippen molar-refractivity contribution in [3.8, 4) is 0 Å². The molecule has 1 aliphatic heterocycles. The summed E-state index contributed by atoms with van der Waals surface area (Å²) in [5, 5.41) is 3.27. The van der Waals surface area contributed by atoms with Crippen LogP contribution in [-0.4, -0.2) is 36.5 Å². The highest BCUT2D eigenvalue weighted by atomic mass is 35.5. The van der Waals surface area contributed by atoms with Crippen LogP contribution < -0.4 is 5.32 Å². The van der Waals surface area contributed by atoms with E-state index in [0.29, 0.717) is 24.7 Å². The van der Waals surface area contributed by atoms with Gasteiger partial charge in [0, 0.05) is 31.2 Å². The minimum atomic E-state index is -0.350. The van der Waals surface area contributed by atoms with E-state index in [4.69, 9.17) is 0 Å². The third kappa shape index (κ3) is 3.43. The van der Waals surface area contributed by atoms with Crippen LogP contribution in [0.3, 0.4) is 0 Å². The average molecular weight is 273 g/mol. The number of carbonyl (C=O) groups is 1. The van der Waals surface area contributed by atoms with Crippen LogP contribution in [0, 0.1) is 12.7 Å². The van der Waals surface area contributed by atoms with E-state index in [1.807, 2.05) is 6.92 Å². The fourth-order valence-electron chi connectivity index (χ4n) is 2.16. The summed E-state index contributed by atoms with van der Waals surface area (Å²) in [6.07, 6.45) is 0. The Morgan fingerprint density at radius 3 is 2.78 bits per heavy atom. The second kappa shape index (κ2) is 6.16. The summed E-state index contributed by atoms with van der Waals surface area (Å²) in [7, 11) is 0. The van der Waals surface area contributed by atoms with Crippen LogP contribution in [0.2, 0.25) is 0 Å². The van der Waals surface area contributed by atoms with Gasteiger partial charge in [0.1, 0.15) is 5.82 Å². The van der Waals surface area contributed by atoms with Crippen molar-refractivity contribution in [2.75, 3.05) is 19.6 Å². The molecule has 18 heavy (non-hydrogen) atoms. The van der Waals surface area contributed by atoms with Crippen LogP contribution >= 0.6 is 12.4 Å². The predicted molar refractivity (Wildman–Crippen MR) is 71.8 cm³/mol. The van der Waals surface area contributed by atoms with E-state index in [1.54, 1.807) is 17.9 Å². The summed E-state index contributed by atoms with van der Waals surface area (Å²) >= 11 is 0. The molecule has 0 aromatic heterocycles. The third-order valence-electron chi connectivity index (χ3n) is 2.95. The maximum Gasteiger partial charge on any atom is 0.254 e. The maximum absolute atomic E-state index is 13.2. The Morgan fingerprint density at radius 1 is 1.44 bits per heavy atom. The van der Waals surface area contributed by atoms with E-state index in [0.717, 1.165) is 12.1 Å². The molecule has 0 aliphatic carbocycles. The second-order valence-electron chi connectivity index (χ2n) is 4.62. The molecule has 1 saturated heterocycles. The molecular weight excluding hydrogens is 255 g/mol. The van der Waals surface area contributed by atoms with Crippen molar-refractivity contribution in [3.63, 3.8) is 0 Å². The number of carbonyl (C=O) groups excluding carboxylic acids is 1. The van der Waals surface area contributed by atoms with Crippen molar-refractivity contribution in [1.82, 2.24) is 10.2 Å². The number of nitrogens with zero attached hydrogens (tertiary/aromatic N) is 1. The molecule has 5 heteroatoms. The predicted octanol–water partition coefficient (Wildman–Crippen LogP) is 1.99. The Morgan fingerprint density at radius 2 is 2.17 bits per heavy atom. The Kier molecular flexibility index (Phi) is 5.11. The first-order chi connectivity index (χ1) is 8.06. The van der Waals surface area contributed by atoms with E-state index in [9.17, 15) is 9.18 Å². The molecule has 0 saturated carbocycles. The lowest BCUT2D eigenvalue weighted by atomic mass is 10.1. The molecule has 3 nitrogen and oxygen atoms in total. The van der Waals surface area contributed by atoms with Crippen LogP contribution in [0.5, 0.6) is 0 Å². The fraction of sp³-hybridized carbons (Fsp3) is 0.462. The second-order valence-corrected chi connectivity index (χ2v) is 4.62. The molecule has 1 aromatic carbocycles. The minimum absolute atomic E-state index is 0. The van der Waals surface area contributed by atoms with Crippen LogP contribution in [0.15, 0.2) is 18.2 Å². The minimum Gasteiger partial charge on any atom is -0.336 e. The Balaban J connectivity index is 0.00000162. The van der Waals surface area contributed by atoms with Gasteiger partial charge >= 0.3 is 0 Å². The van der Waals surface area contributed by atoms with Crippen molar-refractivity contribution in [2.24, 2.45) is 0 Å². The normalized spacial score (nSPS) is 19.3. The zero-order valence-electron chi connectivity index (χ0n) is 10.6.